The first-order valence-corrected chi connectivity index (χ1v) is 7.66. The largest absolute Gasteiger partial charge is 0.376 e. The van der Waals surface area contributed by atoms with Crippen molar-refractivity contribution >= 4 is 11.8 Å². The Balaban J connectivity index is 2.19. The van der Waals surface area contributed by atoms with Gasteiger partial charge in [-0.2, -0.15) is 0 Å². The number of carbonyl (C=O) groups is 2. The Labute approximate surface area is 121 Å². The lowest BCUT2D eigenvalue weighted by atomic mass is 9.79. The van der Waals surface area contributed by atoms with E-state index in [1.807, 2.05) is 18.7 Å². The lowest BCUT2D eigenvalue weighted by molar-refractivity contribution is -0.147. The van der Waals surface area contributed by atoms with E-state index in [1.54, 1.807) is 7.11 Å². The SMILES string of the molecule is CCC1(CC)NC(=O)CCN(CC2(OC)CCC2)C1=O. The summed E-state index contributed by atoms with van der Waals surface area (Å²) >= 11 is 0. The van der Waals surface area contributed by atoms with Gasteiger partial charge in [-0.05, 0) is 32.1 Å². The second kappa shape index (κ2) is 5.72. The van der Waals surface area contributed by atoms with E-state index in [-0.39, 0.29) is 17.4 Å². The fourth-order valence-electron chi connectivity index (χ4n) is 3.25. The van der Waals surface area contributed by atoms with Gasteiger partial charge in [0.25, 0.3) is 0 Å². The van der Waals surface area contributed by atoms with Crippen LogP contribution in [0.4, 0.5) is 0 Å². The fourth-order valence-corrected chi connectivity index (χ4v) is 3.25. The predicted octanol–water partition coefficient (Wildman–Crippen LogP) is 1.46. The Morgan fingerprint density at radius 2 is 1.90 bits per heavy atom. The van der Waals surface area contributed by atoms with Gasteiger partial charge >= 0.3 is 0 Å². The first-order valence-electron chi connectivity index (χ1n) is 7.66. The Hall–Kier alpha value is -1.10. The highest BCUT2D eigenvalue weighted by atomic mass is 16.5. The monoisotopic (exact) mass is 282 g/mol. The van der Waals surface area contributed by atoms with E-state index < -0.39 is 5.54 Å². The normalized spacial score (nSPS) is 24.9. The number of methoxy groups -OCH3 is 1. The summed E-state index contributed by atoms with van der Waals surface area (Å²) in [5.41, 5.74) is -0.914. The molecule has 1 aliphatic heterocycles. The molecule has 2 rings (SSSR count). The molecule has 1 N–H and O–H groups in total. The van der Waals surface area contributed by atoms with Crippen molar-refractivity contribution in [2.24, 2.45) is 0 Å². The van der Waals surface area contributed by atoms with Crippen molar-refractivity contribution in [2.75, 3.05) is 20.2 Å². The number of hydrogen-bond donors (Lipinski definition) is 1. The highest BCUT2D eigenvalue weighted by Gasteiger charge is 2.46. The summed E-state index contributed by atoms with van der Waals surface area (Å²) in [6.45, 7) is 5.03. The molecule has 5 heteroatoms. The van der Waals surface area contributed by atoms with E-state index in [0.717, 1.165) is 19.3 Å². The van der Waals surface area contributed by atoms with Crippen molar-refractivity contribution in [3.8, 4) is 0 Å². The molecule has 0 radical (unpaired) electrons. The van der Waals surface area contributed by atoms with Gasteiger partial charge in [0, 0.05) is 26.6 Å². The second-order valence-corrected chi connectivity index (χ2v) is 6.05. The molecule has 5 nitrogen and oxygen atoms in total. The Morgan fingerprint density at radius 3 is 2.35 bits per heavy atom. The lowest BCUT2D eigenvalue weighted by Crippen LogP contribution is -2.59. The smallest absolute Gasteiger partial charge is 0.248 e. The van der Waals surface area contributed by atoms with Crippen molar-refractivity contribution in [1.82, 2.24) is 10.2 Å². The van der Waals surface area contributed by atoms with Crippen LogP contribution < -0.4 is 5.32 Å². The molecule has 1 saturated carbocycles. The molecule has 1 aliphatic carbocycles. The van der Waals surface area contributed by atoms with Gasteiger partial charge in [0.2, 0.25) is 11.8 Å². The highest BCUT2D eigenvalue weighted by Crippen LogP contribution is 2.36. The number of ether oxygens (including phenoxy) is 1. The molecule has 1 heterocycles. The topological polar surface area (TPSA) is 58.6 Å². The van der Waals surface area contributed by atoms with Crippen LogP contribution in [0.5, 0.6) is 0 Å². The van der Waals surface area contributed by atoms with Gasteiger partial charge in [-0.15, -0.1) is 0 Å². The molecule has 0 atom stereocenters. The molecule has 114 valence electrons. The van der Waals surface area contributed by atoms with E-state index in [0.29, 0.717) is 32.4 Å². The van der Waals surface area contributed by atoms with E-state index >= 15 is 0 Å². The molecule has 20 heavy (non-hydrogen) atoms. The van der Waals surface area contributed by atoms with Gasteiger partial charge in [0.15, 0.2) is 0 Å². The third kappa shape index (κ3) is 2.55. The maximum atomic E-state index is 12.9. The molecule has 0 aromatic rings. The van der Waals surface area contributed by atoms with Gasteiger partial charge < -0.3 is 15.0 Å². The van der Waals surface area contributed by atoms with E-state index in [4.69, 9.17) is 4.74 Å². The van der Waals surface area contributed by atoms with Crippen LogP contribution in [0.3, 0.4) is 0 Å². The van der Waals surface area contributed by atoms with Gasteiger partial charge in [0.1, 0.15) is 5.54 Å². The summed E-state index contributed by atoms with van der Waals surface area (Å²) in [4.78, 5) is 26.6. The molecule has 2 aliphatic rings. The third-order valence-corrected chi connectivity index (χ3v) is 5.07. The van der Waals surface area contributed by atoms with Gasteiger partial charge in [-0.1, -0.05) is 13.8 Å². The number of amides is 2. The zero-order chi connectivity index (χ0) is 14.8. The van der Waals surface area contributed by atoms with E-state index in [2.05, 4.69) is 5.32 Å². The van der Waals surface area contributed by atoms with Crippen molar-refractivity contribution in [3.63, 3.8) is 0 Å². The van der Waals surface area contributed by atoms with Crippen LogP contribution in [0.1, 0.15) is 52.4 Å². The molecule has 0 spiro atoms. The van der Waals surface area contributed by atoms with E-state index in [1.165, 1.54) is 0 Å². The predicted molar refractivity (Wildman–Crippen MR) is 76.2 cm³/mol. The molecule has 0 aromatic carbocycles. The van der Waals surface area contributed by atoms with Crippen LogP contribution in [0.15, 0.2) is 0 Å². The van der Waals surface area contributed by atoms with Crippen LogP contribution >= 0.6 is 0 Å². The lowest BCUT2D eigenvalue weighted by Gasteiger charge is -2.45. The van der Waals surface area contributed by atoms with Crippen molar-refractivity contribution in [2.45, 2.75) is 63.5 Å². The summed E-state index contributed by atoms with van der Waals surface area (Å²) in [6, 6.07) is 0. The first kappa shape index (κ1) is 15.3. The van der Waals surface area contributed by atoms with Gasteiger partial charge in [-0.25, -0.2) is 0 Å². The van der Waals surface area contributed by atoms with Crippen molar-refractivity contribution in [1.29, 1.82) is 0 Å². The van der Waals surface area contributed by atoms with Crippen LogP contribution in [0.25, 0.3) is 0 Å². The zero-order valence-corrected chi connectivity index (χ0v) is 12.8. The molecule has 2 amide bonds. The summed E-state index contributed by atoms with van der Waals surface area (Å²) in [5, 5.41) is 2.94. The quantitative estimate of drug-likeness (QED) is 0.830. The van der Waals surface area contributed by atoms with Crippen molar-refractivity contribution in [3.05, 3.63) is 0 Å². The number of carbonyl (C=O) groups excluding carboxylic acids is 2. The van der Waals surface area contributed by atoms with Crippen LogP contribution in [-0.2, 0) is 14.3 Å². The summed E-state index contributed by atoms with van der Waals surface area (Å²) < 4.78 is 5.63. The first-order chi connectivity index (χ1) is 9.51. The number of nitrogens with one attached hydrogen (secondary N) is 1. The maximum Gasteiger partial charge on any atom is 0.248 e. The molecule has 1 saturated heterocycles. The minimum absolute atomic E-state index is 0.0235. The van der Waals surface area contributed by atoms with Gasteiger partial charge in [0.05, 0.1) is 5.60 Å². The second-order valence-electron chi connectivity index (χ2n) is 6.05. The fraction of sp³-hybridized carbons (Fsp3) is 0.867. The Bertz CT molecular complexity index is 381. The Morgan fingerprint density at radius 1 is 1.25 bits per heavy atom. The van der Waals surface area contributed by atoms with Crippen LogP contribution in [0.2, 0.25) is 0 Å². The zero-order valence-electron chi connectivity index (χ0n) is 12.8. The highest BCUT2D eigenvalue weighted by molar-refractivity contribution is 5.93. The van der Waals surface area contributed by atoms with Crippen LogP contribution in [0, 0.1) is 0 Å². The number of rotatable bonds is 5. The maximum absolute atomic E-state index is 12.9. The molecule has 2 fully saturated rings. The summed E-state index contributed by atoms with van der Waals surface area (Å²) in [5.74, 6) is 0.0290. The van der Waals surface area contributed by atoms with E-state index in [9.17, 15) is 9.59 Å². The molecule has 0 aromatic heterocycles. The van der Waals surface area contributed by atoms with Crippen molar-refractivity contribution < 1.29 is 14.3 Å². The molecular formula is C15H26N2O3. The number of hydrogen-bond acceptors (Lipinski definition) is 3. The molecule has 0 bridgehead atoms. The summed E-state index contributed by atoms with van der Waals surface area (Å²) in [7, 11) is 1.72. The van der Waals surface area contributed by atoms with Crippen LogP contribution in [-0.4, -0.2) is 48.1 Å². The average molecular weight is 282 g/mol. The Kier molecular flexibility index (Phi) is 4.37. The standard InChI is InChI=1S/C15H26N2O3/c1-4-15(5-2)13(19)17(10-7-12(18)16-15)11-14(20-3)8-6-9-14/h4-11H2,1-3H3,(H,16,18). The minimum atomic E-state index is -0.730. The van der Waals surface area contributed by atoms with Gasteiger partial charge in [-0.3, -0.25) is 9.59 Å². The number of nitrogens with zero attached hydrogens (tertiary/aromatic N) is 1. The molecular weight excluding hydrogens is 256 g/mol. The molecule has 0 unspecified atom stereocenters. The summed E-state index contributed by atoms with van der Waals surface area (Å²) in [6.07, 6.45) is 4.79. The average Bonchev–Trinajstić information content (AvgIpc) is 2.53. The minimum Gasteiger partial charge on any atom is -0.376 e. The third-order valence-electron chi connectivity index (χ3n) is 5.07.